The van der Waals surface area contributed by atoms with Crippen molar-refractivity contribution in [1.82, 2.24) is 10.4 Å². The van der Waals surface area contributed by atoms with E-state index in [1.54, 1.807) is 0 Å². The molecule has 4 nitrogen and oxygen atoms in total. The van der Waals surface area contributed by atoms with Crippen LogP contribution in [0.5, 0.6) is 5.75 Å². The van der Waals surface area contributed by atoms with E-state index in [1.165, 1.54) is 24.0 Å². The topological polar surface area (TPSA) is 60.2 Å². The summed E-state index contributed by atoms with van der Waals surface area (Å²) in [5, 5.41) is 0. The van der Waals surface area contributed by atoms with E-state index in [0.717, 1.165) is 17.7 Å². The van der Waals surface area contributed by atoms with E-state index in [9.17, 15) is 0 Å². The van der Waals surface area contributed by atoms with Crippen LogP contribution in [0, 0.1) is 0 Å². The van der Waals surface area contributed by atoms with Crippen molar-refractivity contribution in [3.63, 3.8) is 0 Å². The Morgan fingerprint density at radius 2 is 2.05 bits per heavy atom. The number of hydrogen-bond donors (Lipinski definition) is 2. The van der Waals surface area contributed by atoms with E-state index in [-0.39, 0.29) is 6.04 Å². The fourth-order valence-corrected chi connectivity index (χ4v) is 2.50. The lowest BCUT2D eigenvalue weighted by molar-refractivity contribution is 0.303. The molecule has 4 heteroatoms. The van der Waals surface area contributed by atoms with E-state index in [1.807, 2.05) is 30.6 Å². The van der Waals surface area contributed by atoms with Gasteiger partial charge in [0.05, 0.1) is 12.1 Å². The van der Waals surface area contributed by atoms with E-state index in [4.69, 9.17) is 10.6 Å². The Balaban J connectivity index is 1.84. The molecule has 1 heterocycles. The Morgan fingerprint density at radius 1 is 1.29 bits per heavy atom. The number of nitrogens with two attached hydrogens (primary N) is 1. The molecule has 0 saturated heterocycles. The minimum Gasteiger partial charge on any atom is -0.490 e. The van der Waals surface area contributed by atoms with Gasteiger partial charge in [0, 0.05) is 12.4 Å². The zero-order valence-electron chi connectivity index (χ0n) is 12.3. The largest absolute Gasteiger partial charge is 0.490 e. The minimum absolute atomic E-state index is 0.0297. The molecular formula is C17H21N3O. The van der Waals surface area contributed by atoms with Gasteiger partial charge in [-0.1, -0.05) is 19.1 Å². The third-order valence-electron chi connectivity index (χ3n) is 3.84. The van der Waals surface area contributed by atoms with Gasteiger partial charge in [0.2, 0.25) is 0 Å². The van der Waals surface area contributed by atoms with Crippen molar-refractivity contribution in [3.05, 3.63) is 59.4 Å². The Bertz CT molecular complexity index is 593. The maximum Gasteiger partial charge on any atom is 0.119 e. The van der Waals surface area contributed by atoms with Crippen molar-refractivity contribution < 1.29 is 4.74 Å². The number of aryl methyl sites for hydroxylation is 1. The fraction of sp³-hybridized carbons (Fsp3) is 0.353. The van der Waals surface area contributed by atoms with Crippen LogP contribution in [0.1, 0.15) is 42.5 Å². The predicted molar refractivity (Wildman–Crippen MR) is 82.9 cm³/mol. The highest BCUT2D eigenvalue weighted by Gasteiger charge is 2.23. The van der Waals surface area contributed by atoms with Crippen LogP contribution >= 0.6 is 0 Å². The molecule has 3 N–H and O–H groups in total. The third-order valence-corrected chi connectivity index (χ3v) is 3.84. The second-order valence-corrected chi connectivity index (χ2v) is 5.41. The van der Waals surface area contributed by atoms with Crippen LogP contribution in [0.4, 0.5) is 0 Å². The minimum atomic E-state index is -0.0297. The smallest absolute Gasteiger partial charge is 0.119 e. The Kier molecular flexibility index (Phi) is 4.18. The van der Waals surface area contributed by atoms with Gasteiger partial charge in [-0.3, -0.25) is 10.8 Å². The SMILES string of the molecule is CCc1cnccc1C(NN)c1ccc(OC2CC2)cc1. The quantitative estimate of drug-likeness (QED) is 0.632. The first-order valence-electron chi connectivity index (χ1n) is 7.47. The van der Waals surface area contributed by atoms with Crippen LogP contribution in [0.15, 0.2) is 42.7 Å². The van der Waals surface area contributed by atoms with Gasteiger partial charge in [0.1, 0.15) is 5.75 Å². The number of hydrazine groups is 1. The first kappa shape index (κ1) is 14.0. The molecule has 1 saturated carbocycles. The molecule has 110 valence electrons. The molecule has 1 fully saturated rings. The molecule has 1 aliphatic rings. The normalized spacial score (nSPS) is 15.7. The van der Waals surface area contributed by atoms with Crippen LogP contribution in [0.3, 0.4) is 0 Å². The summed E-state index contributed by atoms with van der Waals surface area (Å²) in [5.41, 5.74) is 6.42. The van der Waals surface area contributed by atoms with E-state index >= 15 is 0 Å². The van der Waals surface area contributed by atoms with Gasteiger partial charge in [-0.25, -0.2) is 5.43 Å². The molecule has 1 atom stereocenters. The van der Waals surface area contributed by atoms with Crippen molar-refractivity contribution in [2.24, 2.45) is 5.84 Å². The van der Waals surface area contributed by atoms with Crippen molar-refractivity contribution in [2.45, 2.75) is 38.3 Å². The predicted octanol–water partition coefficient (Wildman–Crippen LogP) is 2.74. The molecule has 1 unspecified atom stereocenters. The number of rotatable bonds is 6. The lowest BCUT2D eigenvalue weighted by atomic mass is 9.95. The molecule has 0 spiro atoms. The van der Waals surface area contributed by atoms with Gasteiger partial charge in [-0.15, -0.1) is 0 Å². The van der Waals surface area contributed by atoms with Gasteiger partial charge >= 0.3 is 0 Å². The molecule has 3 rings (SSSR count). The standard InChI is InChI=1S/C17H21N3O/c1-2-12-11-19-10-9-16(12)17(20-18)13-3-5-14(6-4-13)21-15-7-8-15/h3-6,9-11,15,17,20H,2,7-8,18H2,1H3. The summed E-state index contributed by atoms with van der Waals surface area (Å²) in [5.74, 6) is 6.72. The summed E-state index contributed by atoms with van der Waals surface area (Å²) in [7, 11) is 0. The average Bonchev–Trinajstić information content (AvgIpc) is 3.34. The zero-order chi connectivity index (χ0) is 14.7. The molecule has 21 heavy (non-hydrogen) atoms. The molecule has 0 aliphatic heterocycles. The highest BCUT2D eigenvalue weighted by Crippen LogP contribution is 2.29. The number of nitrogens with zero attached hydrogens (tertiary/aromatic N) is 1. The van der Waals surface area contributed by atoms with Gasteiger partial charge < -0.3 is 4.74 Å². The maximum atomic E-state index is 5.79. The van der Waals surface area contributed by atoms with Crippen LogP contribution in [-0.2, 0) is 6.42 Å². The molecule has 1 aromatic carbocycles. The van der Waals surface area contributed by atoms with E-state index in [0.29, 0.717) is 6.10 Å². The summed E-state index contributed by atoms with van der Waals surface area (Å²) < 4.78 is 5.78. The number of pyridine rings is 1. The number of nitrogens with one attached hydrogen (secondary N) is 1. The van der Waals surface area contributed by atoms with Crippen LogP contribution in [0.25, 0.3) is 0 Å². The molecule has 2 aromatic rings. The van der Waals surface area contributed by atoms with Crippen molar-refractivity contribution in [2.75, 3.05) is 0 Å². The number of ether oxygens (including phenoxy) is 1. The second-order valence-electron chi connectivity index (χ2n) is 5.41. The molecule has 0 amide bonds. The van der Waals surface area contributed by atoms with Gasteiger partial charge in [-0.2, -0.15) is 0 Å². The molecule has 0 radical (unpaired) electrons. The van der Waals surface area contributed by atoms with Crippen LogP contribution in [0.2, 0.25) is 0 Å². The summed E-state index contributed by atoms with van der Waals surface area (Å²) in [6, 6.07) is 10.2. The van der Waals surface area contributed by atoms with Crippen molar-refractivity contribution in [3.8, 4) is 5.75 Å². The van der Waals surface area contributed by atoms with Crippen molar-refractivity contribution >= 4 is 0 Å². The lowest BCUT2D eigenvalue weighted by Crippen LogP contribution is -2.29. The first-order valence-corrected chi connectivity index (χ1v) is 7.47. The van der Waals surface area contributed by atoms with Crippen molar-refractivity contribution in [1.29, 1.82) is 0 Å². The average molecular weight is 283 g/mol. The number of aromatic nitrogens is 1. The Hall–Kier alpha value is -1.91. The zero-order valence-corrected chi connectivity index (χ0v) is 12.3. The third kappa shape index (κ3) is 3.23. The fourth-order valence-electron chi connectivity index (χ4n) is 2.50. The molecule has 1 aromatic heterocycles. The molecule has 0 bridgehead atoms. The van der Waals surface area contributed by atoms with Gasteiger partial charge in [0.25, 0.3) is 0 Å². The summed E-state index contributed by atoms with van der Waals surface area (Å²) in [4.78, 5) is 4.19. The Labute approximate surface area is 125 Å². The van der Waals surface area contributed by atoms with Crippen LogP contribution in [-0.4, -0.2) is 11.1 Å². The van der Waals surface area contributed by atoms with Gasteiger partial charge in [-0.05, 0) is 54.2 Å². The maximum absolute atomic E-state index is 5.79. The number of hydrogen-bond acceptors (Lipinski definition) is 4. The summed E-state index contributed by atoms with van der Waals surface area (Å²) in [6.07, 6.45) is 7.42. The highest BCUT2D eigenvalue weighted by atomic mass is 16.5. The van der Waals surface area contributed by atoms with Gasteiger partial charge in [0.15, 0.2) is 0 Å². The van der Waals surface area contributed by atoms with E-state index in [2.05, 4.69) is 29.5 Å². The van der Waals surface area contributed by atoms with Crippen LogP contribution < -0.4 is 16.0 Å². The number of benzene rings is 1. The Morgan fingerprint density at radius 3 is 2.67 bits per heavy atom. The molecule has 1 aliphatic carbocycles. The second kappa shape index (κ2) is 6.24. The lowest BCUT2D eigenvalue weighted by Gasteiger charge is -2.20. The highest BCUT2D eigenvalue weighted by molar-refractivity contribution is 5.38. The van der Waals surface area contributed by atoms with E-state index < -0.39 is 0 Å². The summed E-state index contributed by atoms with van der Waals surface area (Å²) >= 11 is 0. The first-order chi connectivity index (χ1) is 10.3. The monoisotopic (exact) mass is 283 g/mol. The molecular weight excluding hydrogens is 262 g/mol. The summed E-state index contributed by atoms with van der Waals surface area (Å²) in [6.45, 7) is 2.13.